The van der Waals surface area contributed by atoms with Crippen LogP contribution in [0.15, 0.2) is 41.7 Å². The molecule has 2 N–H and O–H groups in total. The molecular formula is C21H23N7O. The fourth-order valence-electron chi connectivity index (χ4n) is 4.66. The van der Waals surface area contributed by atoms with E-state index >= 15 is 0 Å². The Morgan fingerprint density at radius 2 is 1.97 bits per heavy atom. The topological polar surface area (TPSA) is 99.7 Å². The van der Waals surface area contributed by atoms with E-state index < -0.39 is 0 Å². The number of hydrogen-bond donors (Lipinski definition) is 2. The Balaban J connectivity index is 1.46. The van der Waals surface area contributed by atoms with E-state index in [-0.39, 0.29) is 11.0 Å². The first-order valence-electron chi connectivity index (χ1n) is 9.98. The minimum Gasteiger partial charge on any atom is -0.370 e. The van der Waals surface area contributed by atoms with E-state index in [0.717, 1.165) is 67.2 Å². The number of H-pyrrole nitrogens is 1. The number of piperidine rings is 1. The second kappa shape index (κ2) is 6.95. The molecule has 3 aromatic rings. The van der Waals surface area contributed by atoms with Gasteiger partial charge < -0.3 is 15.2 Å². The van der Waals surface area contributed by atoms with Crippen LogP contribution in [0.5, 0.6) is 0 Å². The zero-order valence-corrected chi connectivity index (χ0v) is 16.4. The second-order valence-electron chi connectivity index (χ2n) is 7.73. The number of anilines is 2. The fourth-order valence-corrected chi connectivity index (χ4v) is 4.66. The van der Waals surface area contributed by atoms with Crippen molar-refractivity contribution in [2.24, 2.45) is 0 Å². The quantitative estimate of drug-likeness (QED) is 0.708. The number of fused-ring (bicyclic) bond motifs is 2. The number of pyridine rings is 1. The van der Waals surface area contributed by atoms with E-state index in [0.29, 0.717) is 5.82 Å². The lowest BCUT2D eigenvalue weighted by atomic mass is 9.76. The normalized spacial score (nSPS) is 17.3. The number of aromatic amines is 1. The highest BCUT2D eigenvalue weighted by Gasteiger charge is 2.44. The minimum absolute atomic E-state index is 0.0143. The third-order valence-corrected chi connectivity index (χ3v) is 6.24. The summed E-state index contributed by atoms with van der Waals surface area (Å²) >= 11 is 0. The molecule has 8 heteroatoms. The van der Waals surface area contributed by atoms with Crippen molar-refractivity contribution >= 4 is 11.6 Å². The third kappa shape index (κ3) is 2.95. The first kappa shape index (κ1) is 17.8. The van der Waals surface area contributed by atoms with Crippen molar-refractivity contribution < 1.29 is 0 Å². The Kier molecular flexibility index (Phi) is 4.26. The van der Waals surface area contributed by atoms with Gasteiger partial charge in [-0.05, 0) is 37.8 Å². The van der Waals surface area contributed by atoms with Gasteiger partial charge in [-0.1, -0.05) is 0 Å². The first-order chi connectivity index (χ1) is 14.2. The third-order valence-electron chi connectivity index (χ3n) is 6.24. The number of hydrogen-bond acceptors (Lipinski definition) is 7. The molecule has 3 aromatic heterocycles. The van der Waals surface area contributed by atoms with Crippen molar-refractivity contribution in [1.82, 2.24) is 24.9 Å². The SMILES string of the molecule is CNc1nccnc1N1CCC2(CCc3c2nc(-c2cccnc2)[nH]c3=O)CC1. The summed E-state index contributed by atoms with van der Waals surface area (Å²) in [7, 11) is 1.86. The van der Waals surface area contributed by atoms with Crippen LogP contribution in [0.1, 0.15) is 30.5 Å². The first-order valence-corrected chi connectivity index (χ1v) is 9.98. The van der Waals surface area contributed by atoms with Crippen molar-refractivity contribution in [1.29, 1.82) is 0 Å². The monoisotopic (exact) mass is 389 g/mol. The minimum atomic E-state index is -0.0426. The average Bonchev–Trinajstić information content (AvgIpc) is 3.13. The van der Waals surface area contributed by atoms with Gasteiger partial charge in [0.15, 0.2) is 11.6 Å². The summed E-state index contributed by atoms with van der Waals surface area (Å²) in [5.41, 5.74) is 2.61. The fraction of sp³-hybridized carbons (Fsp3) is 0.381. The van der Waals surface area contributed by atoms with Gasteiger partial charge in [0.2, 0.25) is 0 Å². The molecule has 0 unspecified atom stereocenters. The summed E-state index contributed by atoms with van der Waals surface area (Å²) in [4.78, 5) is 36.0. The summed E-state index contributed by atoms with van der Waals surface area (Å²) in [6, 6.07) is 3.78. The van der Waals surface area contributed by atoms with E-state index in [4.69, 9.17) is 4.98 Å². The largest absolute Gasteiger partial charge is 0.370 e. The summed E-state index contributed by atoms with van der Waals surface area (Å²) < 4.78 is 0. The number of rotatable bonds is 3. The van der Waals surface area contributed by atoms with Crippen LogP contribution in [0, 0.1) is 0 Å². The van der Waals surface area contributed by atoms with Crippen LogP contribution in [-0.4, -0.2) is 45.1 Å². The molecule has 1 fully saturated rings. The van der Waals surface area contributed by atoms with Gasteiger partial charge in [-0.25, -0.2) is 15.0 Å². The molecule has 1 aliphatic heterocycles. The smallest absolute Gasteiger partial charge is 0.254 e. The molecular weight excluding hydrogens is 366 g/mol. The molecule has 0 saturated carbocycles. The summed E-state index contributed by atoms with van der Waals surface area (Å²) in [6.07, 6.45) is 10.5. The van der Waals surface area contributed by atoms with Crippen molar-refractivity contribution in [3.8, 4) is 11.4 Å². The lowest BCUT2D eigenvalue weighted by molar-refractivity contribution is 0.322. The Morgan fingerprint density at radius 3 is 2.72 bits per heavy atom. The molecule has 0 amide bonds. The van der Waals surface area contributed by atoms with Crippen LogP contribution >= 0.6 is 0 Å². The summed E-state index contributed by atoms with van der Waals surface area (Å²) in [6.45, 7) is 1.73. The molecule has 2 aliphatic rings. The zero-order chi connectivity index (χ0) is 19.8. The maximum atomic E-state index is 12.7. The van der Waals surface area contributed by atoms with E-state index in [1.54, 1.807) is 24.8 Å². The van der Waals surface area contributed by atoms with Gasteiger partial charge in [0.1, 0.15) is 5.82 Å². The average molecular weight is 389 g/mol. The Bertz CT molecular complexity index is 1090. The standard InChI is InChI=1S/C21H23N7O/c1-22-18-19(25-10-9-24-18)28-11-6-21(7-12-28)5-4-15-16(21)26-17(27-20(15)29)14-3-2-8-23-13-14/h2-3,8-10,13H,4-7,11-12H2,1H3,(H,22,24)(H,26,27,29). The molecule has 1 aliphatic carbocycles. The van der Waals surface area contributed by atoms with Crippen molar-refractivity contribution in [3.05, 3.63) is 58.5 Å². The highest BCUT2D eigenvalue weighted by Crippen LogP contribution is 2.45. The van der Waals surface area contributed by atoms with Crippen molar-refractivity contribution in [2.45, 2.75) is 31.1 Å². The van der Waals surface area contributed by atoms with Crippen molar-refractivity contribution in [3.63, 3.8) is 0 Å². The summed E-state index contributed by atoms with van der Waals surface area (Å²) in [5.74, 6) is 2.29. The zero-order valence-electron chi connectivity index (χ0n) is 16.4. The molecule has 8 nitrogen and oxygen atoms in total. The van der Waals surface area contributed by atoms with Gasteiger partial charge in [-0.15, -0.1) is 0 Å². The number of nitrogens with one attached hydrogen (secondary N) is 2. The Labute approximate surface area is 168 Å². The molecule has 0 radical (unpaired) electrons. The van der Waals surface area contributed by atoms with Crippen LogP contribution in [0.4, 0.5) is 11.6 Å². The van der Waals surface area contributed by atoms with Gasteiger partial charge in [-0.3, -0.25) is 9.78 Å². The molecule has 0 aromatic carbocycles. The van der Waals surface area contributed by atoms with Crippen LogP contribution in [-0.2, 0) is 11.8 Å². The van der Waals surface area contributed by atoms with Gasteiger partial charge >= 0.3 is 0 Å². The molecule has 5 rings (SSSR count). The Morgan fingerprint density at radius 1 is 1.14 bits per heavy atom. The molecule has 0 bridgehead atoms. The van der Waals surface area contributed by atoms with E-state index in [1.165, 1.54) is 0 Å². The maximum absolute atomic E-state index is 12.7. The van der Waals surface area contributed by atoms with E-state index in [9.17, 15) is 4.79 Å². The predicted molar refractivity (Wildman–Crippen MR) is 111 cm³/mol. The molecule has 29 heavy (non-hydrogen) atoms. The molecule has 1 saturated heterocycles. The molecule has 1 spiro atoms. The van der Waals surface area contributed by atoms with Crippen LogP contribution in [0.3, 0.4) is 0 Å². The lowest BCUT2D eigenvalue weighted by Crippen LogP contribution is -2.43. The number of aromatic nitrogens is 5. The maximum Gasteiger partial charge on any atom is 0.254 e. The van der Waals surface area contributed by atoms with E-state index in [1.807, 2.05) is 19.2 Å². The Hall–Kier alpha value is -3.29. The van der Waals surface area contributed by atoms with Gasteiger partial charge in [-0.2, -0.15) is 0 Å². The van der Waals surface area contributed by atoms with Gasteiger partial charge in [0.25, 0.3) is 5.56 Å². The second-order valence-corrected chi connectivity index (χ2v) is 7.73. The molecule has 4 heterocycles. The lowest BCUT2D eigenvalue weighted by Gasteiger charge is -2.40. The molecule has 148 valence electrons. The van der Waals surface area contributed by atoms with Crippen LogP contribution < -0.4 is 15.8 Å². The van der Waals surface area contributed by atoms with Gasteiger partial charge in [0, 0.05) is 61.5 Å². The van der Waals surface area contributed by atoms with Crippen LogP contribution in [0.2, 0.25) is 0 Å². The summed E-state index contributed by atoms with van der Waals surface area (Å²) in [5, 5.41) is 3.12. The van der Waals surface area contributed by atoms with E-state index in [2.05, 4.69) is 30.2 Å². The van der Waals surface area contributed by atoms with Crippen molar-refractivity contribution in [2.75, 3.05) is 30.4 Å². The van der Waals surface area contributed by atoms with Gasteiger partial charge in [0.05, 0.1) is 5.69 Å². The highest BCUT2D eigenvalue weighted by molar-refractivity contribution is 5.61. The number of nitrogens with zero attached hydrogens (tertiary/aromatic N) is 5. The molecule has 0 atom stereocenters. The highest BCUT2D eigenvalue weighted by atomic mass is 16.1. The van der Waals surface area contributed by atoms with Crippen LogP contribution in [0.25, 0.3) is 11.4 Å². The predicted octanol–water partition coefficient (Wildman–Crippen LogP) is 2.15.